The molecule has 1 fully saturated rings. The van der Waals surface area contributed by atoms with E-state index in [0.717, 1.165) is 47.4 Å². The zero-order valence-corrected chi connectivity index (χ0v) is 23.1. The van der Waals surface area contributed by atoms with Gasteiger partial charge in [-0.15, -0.1) is 0 Å². The van der Waals surface area contributed by atoms with Gasteiger partial charge < -0.3 is 15.0 Å². The molecule has 0 heterocycles. The van der Waals surface area contributed by atoms with E-state index in [4.69, 9.17) is 4.74 Å². The van der Waals surface area contributed by atoms with Gasteiger partial charge >= 0.3 is 0 Å². The number of aryl methyl sites for hydroxylation is 1. The Balaban J connectivity index is 1.86. The smallest absolute Gasteiger partial charge is 0.244 e. The number of sulfonamides is 1. The molecule has 0 aromatic heterocycles. The first kappa shape index (κ1) is 28.5. The summed E-state index contributed by atoms with van der Waals surface area (Å²) in [5.74, 6) is -0.314. The molecule has 3 rings (SSSR count). The molecule has 8 nitrogen and oxygen atoms in total. The molecule has 1 saturated carbocycles. The van der Waals surface area contributed by atoms with Gasteiger partial charge in [0.15, 0.2) is 0 Å². The highest BCUT2D eigenvalue weighted by Gasteiger charge is 2.31. The van der Waals surface area contributed by atoms with Crippen molar-refractivity contribution in [2.24, 2.45) is 0 Å². The minimum Gasteiger partial charge on any atom is -0.495 e. The lowest BCUT2D eigenvalue weighted by Crippen LogP contribution is -2.53. The molecular formula is C28H39N3O5S. The maximum Gasteiger partial charge on any atom is 0.244 e. The number of ether oxygens (including phenoxy) is 1. The summed E-state index contributed by atoms with van der Waals surface area (Å²) in [6.07, 6.45) is 6.81. The van der Waals surface area contributed by atoms with Crippen molar-refractivity contribution < 1.29 is 22.7 Å². The van der Waals surface area contributed by atoms with Gasteiger partial charge in [0.1, 0.15) is 18.3 Å². The van der Waals surface area contributed by atoms with E-state index in [2.05, 4.69) is 5.32 Å². The number of amides is 2. The number of anilines is 1. The maximum absolute atomic E-state index is 13.7. The number of benzene rings is 2. The molecule has 1 aliphatic carbocycles. The Morgan fingerprint density at radius 3 is 2.38 bits per heavy atom. The van der Waals surface area contributed by atoms with Crippen molar-refractivity contribution in [3.8, 4) is 5.75 Å². The molecular weight excluding hydrogens is 490 g/mol. The van der Waals surface area contributed by atoms with Crippen molar-refractivity contribution in [3.05, 3.63) is 59.7 Å². The van der Waals surface area contributed by atoms with E-state index < -0.39 is 28.5 Å². The van der Waals surface area contributed by atoms with E-state index in [9.17, 15) is 18.0 Å². The summed E-state index contributed by atoms with van der Waals surface area (Å²) in [6, 6.07) is 14.2. The molecule has 2 amide bonds. The van der Waals surface area contributed by atoms with Gasteiger partial charge in [-0.3, -0.25) is 13.9 Å². The molecule has 0 spiro atoms. The van der Waals surface area contributed by atoms with Crippen LogP contribution in [-0.4, -0.2) is 63.7 Å². The van der Waals surface area contributed by atoms with Crippen molar-refractivity contribution >= 4 is 27.5 Å². The molecule has 2 aromatic rings. The van der Waals surface area contributed by atoms with Crippen molar-refractivity contribution in [2.45, 2.75) is 64.5 Å². The van der Waals surface area contributed by atoms with Gasteiger partial charge in [-0.05, 0) is 56.4 Å². The van der Waals surface area contributed by atoms with Gasteiger partial charge in [0.25, 0.3) is 0 Å². The Morgan fingerprint density at radius 2 is 1.76 bits per heavy atom. The fourth-order valence-corrected chi connectivity index (χ4v) is 5.57. The van der Waals surface area contributed by atoms with Crippen LogP contribution in [0.4, 0.5) is 5.69 Å². The molecule has 1 atom stereocenters. The van der Waals surface area contributed by atoms with E-state index in [1.165, 1.54) is 18.4 Å². The zero-order chi connectivity index (χ0) is 27.0. The molecule has 1 N–H and O–H groups in total. The third kappa shape index (κ3) is 7.95. The summed E-state index contributed by atoms with van der Waals surface area (Å²) in [7, 11) is -2.37. The number of rotatable bonds is 11. The Morgan fingerprint density at radius 1 is 1.08 bits per heavy atom. The summed E-state index contributed by atoms with van der Waals surface area (Å²) in [6.45, 7) is 3.40. The SMILES string of the molecule is COc1ccc(C)cc1N(CC(=O)N(CCc1ccccc1)[C@H](C)C(=O)NC1CCCCC1)S(C)(=O)=O. The van der Waals surface area contributed by atoms with E-state index in [0.29, 0.717) is 17.9 Å². The number of nitrogens with one attached hydrogen (secondary N) is 1. The molecule has 0 saturated heterocycles. The lowest BCUT2D eigenvalue weighted by molar-refractivity contribution is -0.139. The molecule has 9 heteroatoms. The molecule has 0 radical (unpaired) electrons. The first-order valence-electron chi connectivity index (χ1n) is 12.9. The normalized spacial score (nSPS) is 15.0. The molecule has 0 aliphatic heterocycles. The van der Waals surface area contributed by atoms with E-state index in [1.54, 1.807) is 19.1 Å². The second kappa shape index (κ2) is 12.9. The van der Waals surface area contributed by atoms with E-state index in [1.807, 2.05) is 43.3 Å². The van der Waals surface area contributed by atoms with Crippen LogP contribution >= 0.6 is 0 Å². The van der Waals surface area contributed by atoms with Crippen LogP contribution in [0.15, 0.2) is 48.5 Å². The predicted molar refractivity (Wildman–Crippen MR) is 146 cm³/mol. The van der Waals surface area contributed by atoms with Crippen molar-refractivity contribution in [3.63, 3.8) is 0 Å². The Bertz CT molecular complexity index is 1160. The third-order valence-electron chi connectivity index (χ3n) is 6.89. The lowest BCUT2D eigenvalue weighted by atomic mass is 9.95. The lowest BCUT2D eigenvalue weighted by Gasteiger charge is -2.33. The summed E-state index contributed by atoms with van der Waals surface area (Å²) in [4.78, 5) is 28.4. The van der Waals surface area contributed by atoms with Crippen LogP contribution in [0.1, 0.15) is 50.2 Å². The highest BCUT2D eigenvalue weighted by Crippen LogP contribution is 2.31. The van der Waals surface area contributed by atoms with Crippen molar-refractivity contribution in [2.75, 3.05) is 30.8 Å². The number of carbonyl (C=O) groups is 2. The minimum absolute atomic E-state index is 0.110. The standard InChI is InChI=1S/C28H39N3O5S/c1-21-15-16-26(36-3)25(19-21)31(37(4,34)35)20-27(32)30(18-17-23-11-7-5-8-12-23)22(2)28(33)29-24-13-9-6-10-14-24/h5,7-8,11-12,15-16,19,22,24H,6,9-10,13-14,17-18,20H2,1-4H3,(H,29,33)/t22-/m1/s1. The monoisotopic (exact) mass is 529 g/mol. The topological polar surface area (TPSA) is 96.0 Å². The third-order valence-corrected chi connectivity index (χ3v) is 8.01. The summed E-state index contributed by atoms with van der Waals surface area (Å²) >= 11 is 0. The Hall–Kier alpha value is -3.07. The molecule has 0 unspecified atom stereocenters. The van der Waals surface area contributed by atoms with Crippen LogP contribution in [-0.2, 0) is 26.0 Å². The van der Waals surface area contributed by atoms with Crippen LogP contribution in [0, 0.1) is 6.92 Å². The second-order valence-electron chi connectivity index (χ2n) is 9.79. The largest absolute Gasteiger partial charge is 0.495 e. The highest BCUT2D eigenvalue weighted by molar-refractivity contribution is 7.92. The first-order valence-corrected chi connectivity index (χ1v) is 14.7. The minimum atomic E-state index is -3.83. The highest BCUT2D eigenvalue weighted by atomic mass is 32.2. The first-order chi connectivity index (χ1) is 17.6. The number of methoxy groups -OCH3 is 1. The fraction of sp³-hybridized carbons (Fsp3) is 0.500. The maximum atomic E-state index is 13.7. The van der Waals surface area contributed by atoms with Crippen LogP contribution < -0.4 is 14.4 Å². The van der Waals surface area contributed by atoms with Gasteiger partial charge in [-0.2, -0.15) is 0 Å². The predicted octanol–water partition coefficient (Wildman–Crippen LogP) is 3.68. The summed E-state index contributed by atoms with van der Waals surface area (Å²) < 4.78 is 32.1. The number of nitrogens with zero attached hydrogens (tertiary/aromatic N) is 2. The van der Waals surface area contributed by atoms with E-state index >= 15 is 0 Å². The van der Waals surface area contributed by atoms with E-state index in [-0.39, 0.29) is 18.5 Å². The average molecular weight is 530 g/mol. The number of carbonyl (C=O) groups excluding carboxylic acids is 2. The summed E-state index contributed by atoms with van der Waals surface area (Å²) in [5.41, 5.74) is 2.15. The van der Waals surface area contributed by atoms with Gasteiger partial charge in [-0.1, -0.05) is 55.7 Å². The van der Waals surface area contributed by atoms with Crippen molar-refractivity contribution in [1.82, 2.24) is 10.2 Å². The van der Waals surface area contributed by atoms with Gasteiger partial charge in [0.05, 0.1) is 19.1 Å². The van der Waals surface area contributed by atoms with Crippen LogP contribution in [0.25, 0.3) is 0 Å². The zero-order valence-electron chi connectivity index (χ0n) is 22.3. The summed E-state index contributed by atoms with van der Waals surface area (Å²) in [5, 5.41) is 3.11. The molecule has 0 bridgehead atoms. The van der Waals surface area contributed by atoms with Crippen LogP contribution in [0.3, 0.4) is 0 Å². The molecule has 1 aliphatic rings. The fourth-order valence-electron chi connectivity index (χ4n) is 4.73. The van der Waals surface area contributed by atoms with Crippen LogP contribution in [0.2, 0.25) is 0 Å². The second-order valence-corrected chi connectivity index (χ2v) is 11.7. The Labute approximate surface area is 221 Å². The van der Waals surface area contributed by atoms with Gasteiger partial charge in [0.2, 0.25) is 21.8 Å². The molecule has 202 valence electrons. The number of hydrogen-bond acceptors (Lipinski definition) is 5. The van der Waals surface area contributed by atoms with Gasteiger partial charge in [-0.25, -0.2) is 8.42 Å². The Kier molecular flexibility index (Phi) is 9.97. The molecule has 2 aromatic carbocycles. The number of hydrogen-bond donors (Lipinski definition) is 1. The quantitative estimate of drug-likeness (QED) is 0.479. The van der Waals surface area contributed by atoms with Gasteiger partial charge in [0, 0.05) is 12.6 Å². The molecule has 37 heavy (non-hydrogen) atoms. The van der Waals surface area contributed by atoms with Crippen molar-refractivity contribution in [1.29, 1.82) is 0 Å². The van der Waals surface area contributed by atoms with Crippen LogP contribution in [0.5, 0.6) is 5.75 Å². The average Bonchev–Trinajstić information content (AvgIpc) is 2.87.